The highest BCUT2D eigenvalue weighted by Crippen LogP contribution is 2.45. The van der Waals surface area contributed by atoms with Crippen LogP contribution in [0.4, 0.5) is 0 Å². The first-order valence-electron chi connectivity index (χ1n) is 11.7. The number of amides is 1. The van der Waals surface area contributed by atoms with Crippen molar-refractivity contribution in [3.8, 4) is 11.5 Å². The van der Waals surface area contributed by atoms with Crippen LogP contribution in [-0.2, 0) is 26.1 Å². The van der Waals surface area contributed by atoms with E-state index in [-0.39, 0.29) is 27.5 Å². The van der Waals surface area contributed by atoms with Gasteiger partial charge in [0.05, 0.1) is 17.3 Å². The lowest BCUT2D eigenvalue weighted by molar-refractivity contribution is -0.124. The second-order valence-electron chi connectivity index (χ2n) is 8.89. The molecule has 7 nitrogen and oxygen atoms in total. The normalized spacial score (nSPS) is 19.2. The van der Waals surface area contributed by atoms with E-state index in [1.54, 1.807) is 6.08 Å². The number of rotatable bonds is 12. The molecule has 1 aromatic carbocycles. The Balaban J connectivity index is 2.07. The molecule has 0 unspecified atom stereocenters. The van der Waals surface area contributed by atoms with E-state index in [1.165, 1.54) is 44.9 Å². The van der Waals surface area contributed by atoms with Crippen molar-refractivity contribution in [3.63, 3.8) is 0 Å². The van der Waals surface area contributed by atoms with E-state index in [2.05, 4.69) is 25.2 Å². The Kier molecular flexibility index (Phi) is 11.4. The van der Waals surface area contributed by atoms with E-state index in [0.717, 1.165) is 18.2 Å². The minimum Gasteiger partial charge on any atom is -0.461 e. The van der Waals surface area contributed by atoms with E-state index in [9.17, 15) is 13.2 Å². The van der Waals surface area contributed by atoms with Crippen LogP contribution in [0.5, 0.6) is 11.5 Å². The number of nitrogens with one attached hydrogen (secondary N) is 1. The predicted octanol–water partition coefficient (Wildman–Crippen LogP) is 5.83. The molecule has 1 N–H and O–H groups in total. The van der Waals surface area contributed by atoms with Gasteiger partial charge in [-0.25, -0.2) is 0 Å². The molecule has 35 heavy (non-hydrogen) atoms. The first-order valence-corrected chi connectivity index (χ1v) is 14.3. The van der Waals surface area contributed by atoms with Gasteiger partial charge in [-0.05, 0) is 30.9 Å². The second kappa shape index (κ2) is 13.5. The summed E-state index contributed by atoms with van der Waals surface area (Å²) in [4.78, 5) is 12.6. The molecule has 0 bridgehead atoms. The lowest BCUT2D eigenvalue weighted by Gasteiger charge is -2.33. The number of benzene rings is 1. The quantitative estimate of drug-likeness (QED) is 0.153. The first kappa shape index (κ1) is 29.5. The maximum absolute atomic E-state index is 12.6. The van der Waals surface area contributed by atoms with Crippen molar-refractivity contribution in [2.24, 2.45) is 5.92 Å². The van der Waals surface area contributed by atoms with Crippen molar-refractivity contribution in [1.82, 2.24) is 5.32 Å². The van der Waals surface area contributed by atoms with E-state index in [1.807, 2.05) is 6.92 Å². The van der Waals surface area contributed by atoms with Crippen LogP contribution >= 0.6 is 23.2 Å². The third kappa shape index (κ3) is 9.33. The molecule has 3 atom stereocenters. The molecule has 0 aliphatic carbocycles. The molecule has 1 aliphatic rings. The molecular weight excluding hydrogens is 513 g/mol. The number of hydrogen-bond donors (Lipinski definition) is 1. The first-order chi connectivity index (χ1) is 16.4. The Morgan fingerprint density at radius 1 is 1.29 bits per heavy atom. The molecule has 0 radical (unpaired) electrons. The van der Waals surface area contributed by atoms with E-state index in [4.69, 9.17) is 36.9 Å². The molecule has 1 aromatic rings. The van der Waals surface area contributed by atoms with E-state index >= 15 is 0 Å². The fourth-order valence-corrected chi connectivity index (χ4v) is 5.11. The van der Waals surface area contributed by atoms with Crippen molar-refractivity contribution < 1.29 is 26.9 Å². The molecule has 0 saturated carbocycles. The molecule has 0 fully saturated rings. The number of carbonyl (C=O) groups excluding carboxylic acids is 1. The Morgan fingerprint density at radius 3 is 2.63 bits per heavy atom. The molecular formula is C25H35Cl2NO6S. The summed E-state index contributed by atoms with van der Waals surface area (Å²) in [5.74, 6) is 0.152. The van der Waals surface area contributed by atoms with Crippen LogP contribution in [-0.4, -0.2) is 40.0 Å². The Hall–Kier alpha value is -1.74. The molecule has 0 spiro atoms. The Bertz CT molecular complexity index is 1050. The van der Waals surface area contributed by atoms with Crippen molar-refractivity contribution >= 4 is 39.2 Å². The molecule has 1 aliphatic heterocycles. The number of unbranched alkanes of at least 4 members (excludes halogenated alkanes) is 3. The highest BCUT2D eigenvalue weighted by Gasteiger charge is 2.34. The average Bonchev–Trinajstić information content (AvgIpc) is 2.77. The van der Waals surface area contributed by atoms with Gasteiger partial charge >= 0.3 is 10.1 Å². The van der Waals surface area contributed by atoms with Crippen LogP contribution in [0.15, 0.2) is 29.9 Å². The zero-order chi connectivity index (χ0) is 26.2. The second-order valence-corrected chi connectivity index (χ2v) is 11.2. The van der Waals surface area contributed by atoms with Gasteiger partial charge < -0.3 is 19.0 Å². The molecule has 196 valence electrons. The number of fused-ring (bicyclic) bond motifs is 1. The number of hydrogen-bond acceptors (Lipinski definition) is 6. The number of halogens is 2. The van der Waals surface area contributed by atoms with Gasteiger partial charge in [-0.15, -0.1) is 0 Å². The van der Waals surface area contributed by atoms with E-state index in [0.29, 0.717) is 17.9 Å². The topological polar surface area (TPSA) is 90.9 Å². The molecule has 1 heterocycles. The van der Waals surface area contributed by atoms with Gasteiger partial charge in [-0.1, -0.05) is 80.5 Å². The van der Waals surface area contributed by atoms with Crippen LogP contribution in [0, 0.1) is 5.92 Å². The lowest BCUT2D eigenvalue weighted by atomic mass is 10.00. The maximum atomic E-state index is 12.6. The Morgan fingerprint density at radius 2 is 2.00 bits per heavy atom. The number of allylic oxidation sites excluding steroid dienone is 3. The summed E-state index contributed by atoms with van der Waals surface area (Å²) in [6.45, 7) is 6.36. The molecule has 0 saturated heterocycles. The van der Waals surface area contributed by atoms with Gasteiger partial charge in [0.2, 0.25) is 12.2 Å². The van der Waals surface area contributed by atoms with Gasteiger partial charge in [0.15, 0.2) is 5.75 Å². The lowest BCUT2D eigenvalue weighted by Crippen LogP contribution is -2.50. The third-order valence-corrected chi connectivity index (χ3v) is 6.66. The number of methoxy groups -OCH3 is 1. The van der Waals surface area contributed by atoms with Crippen molar-refractivity contribution in [2.75, 3.05) is 13.4 Å². The largest absolute Gasteiger partial charge is 0.461 e. The van der Waals surface area contributed by atoms with Crippen molar-refractivity contribution in [3.05, 3.63) is 45.5 Å². The van der Waals surface area contributed by atoms with Crippen LogP contribution < -0.4 is 14.2 Å². The minimum absolute atomic E-state index is 0.0215. The van der Waals surface area contributed by atoms with Gasteiger partial charge in [0, 0.05) is 19.6 Å². The monoisotopic (exact) mass is 547 g/mol. The summed E-state index contributed by atoms with van der Waals surface area (Å²) >= 11 is 12.5. The zero-order valence-electron chi connectivity index (χ0n) is 20.9. The summed E-state index contributed by atoms with van der Waals surface area (Å²) in [6, 6.07) is 0.999. The zero-order valence-corrected chi connectivity index (χ0v) is 23.2. The summed E-state index contributed by atoms with van der Waals surface area (Å²) in [6.07, 6.45) is 11.9. The average molecular weight is 549 g/mol. The smallest absolute Gasteiger partial charge is 0.306 e. The van der Waals surface area contributed by atoms with Gasteiger partial charge in [0.1, 0.15) is 10.8 Å². The molecule has 10 heteroatoms. The minimum atomic E-state index is -3.85. The summed E-state index contributed by atoms with van der Waals surface area (Å²) in [5, 5.41) is 2.84. The van der Waals surface area contributed by atoms with Crippen LogP contribution in [0.3, 0.4) is 0 Å². The number of carbonyl (C=O) groups is 1. The van der Waals surface area contributed by atoms with Gasteiger partial charge in [-0.2, -0.15) is 8.42 Å². The molecule has 1 amide bonds. The Labute approximate surface area is 218 Å². The summed E-state index contributed by atoms with van der Waals surface area (Å²) in [7, 11) is -2.41. The third-order valence-electron chi connectivity index (χ3n) is 5.56. The fraction of sp³-hybridized carbons (Fsp3) is 0.560. The maximum Gasteiger partial charge on any atom is 0.306 e. The molecule has 0 aromatic heterocycles. The summed E-state index contributed by atoms with van der Waals surface area (Å²) < 4.78 is 39.2. The van der Waals surface area contributed by atoms with Gasteiger partial charge in [-0.3, -0.25) is 4.79 Å². The van der Waals surface area contributed by atoms with Crippen LogP contribution in [0.1, 0.15) is 58.4 Å². The highest BCUT2D eigenvalue weighted by molar-refractivity contribution is 7.86. The van der Waals surface area contributed by atoms with Crippen molar-refractivity contribution in [2.45, 2.75) is 71.6 Å². The highest BCUT2D eigenvalue weighted by atomic mass is 35.5. The number of ether oxygens (including phenoxy) is 2. The summed E-state index contributed by atoms with van der Waals surface area (Å²) in [5.41, 5.74) is 1.62. The SMILES string of the molecule is CCCCCC[C@@H](C)/C=C(C)/C=C/C(=O)N[C@H]1Cc2cc(Cl)c(OS(C)(=O)=O)c(Cl)c2O[C@H]1OC. The van der Waals surface area contributed by atoms with Crippen molar-refractivity contribution in [1.29, 1.82) is 0 Å². The predicted molar refractivity (Wildman–Crippen MR) is 140 cm³/mol. The van der Waals surface area contributed by atoms with E-state index < -0.39 is 22.4 Å². The van der Waals surface area contributed by atoms with Crippen LogP contribution in [0.2, 0.25) is 10.0 Å². The standard InChI is InChI=1S/C25H35Cl2NO6S/c1-6-7-8-9-10-16(2)13-17(3)11-12-21(29)28-20-15-18-14-19(26)24(34-35(5,30)31)22(27)23(18)33-25(20)32-4/h11-14,16,20,25H,6-10,15H2,1-5H3,(H,28,29)/b12-11+,17-13+/t16-,20+,25-/m1/s1. The fourth-order valence-electron chi connectivity index (χ4n) is 3.92. The molecule has 2 rings (SSSR count). The van der Waals surface area contributed by atoms with Crippen LogP contribution in [0.25, 0.3) is 0 Å². The van der Waals surface area contributed by atoms with Gasteiger partial charge in [0.25, 0.3) is 0 Å².